The lowest BCUT2D eigenvalue weighted by molar-refractivity contribution is -0.385. The molecule has 14 nitrogen and oxygen atoms in total. The third-order valence-electron chi connectivity index (χ3n) is 7.96. The fraction of sp³-hybridized carbons (Fsp3) is 0.194. The van der Waals surface area contributed by atoms with Crippen LogP contribution in [0.3, 0.4) is 0 Å². The van der Waals surface area contributed by atoms with Gasteiger partial charge in [0.15, 0.2) is 22.0 Å². The number of nitrogens with zero attached hydrogens (tertiary/aromatic N) is 5. The second-order valence-electron chi connectivity index (χ2n) is 11.2. The van der Waals surface area contributed by atoms with Gasteiger partial charge in [0.05, 0.1) is 53.3 Å². The van der Waals surface area contributed by atoms with E-state index in [1.807, 2.05) is 30.3 Å². The molecule has 0 N–H and O–H groups in total. The number of ether oxygens (including phenoxy) is 4. The monoisotopic (exact) mass is 709 g/mol. The predicted molar refractivity (Wildman–Crippen MR) is 187 cm³/mol. The minimum Gasteiger partial charge on any atom is -0.493 e. The smallest absolute Gasteiger partial charge is 0.338 e. The molecule has 2 aromatic heterocycles. The third-order valence-corrected chi connectivity index (χ3v) is 8.95. The SMILES string of the molecule is CCOc1ccc(-c2nn(-c3ccccc3)cc2/C=c2\sc3n(c2=O)[C@H](c2ccc(OC(C)=O)c(OC)c2)C(C(=O)OC)=C(C)N=3)cc1[N+](=O)[O-]. The number of carbonyl (C=O) groups is 2. The minimum absolute atomic E-state index is 0.123. The number of esters is 2. The van der Waals surface area contributed by atoms with E-state index in [0.717, 1.165) is 17.0 Å². The number of allylic oxidation sites excluding steroid dienone is 1. The zero-order valence-corrected chi connectivity index (χ0v) is 28.9. The highest BCUT2D eigenvalue weighted by atomic mass is 32.1. The molecule has 1 aliphatic heterocycles. The lowest BCUT2D eigenvalue weighted by Gasteiger charge is -2.25. The fourth-order valence-corrected chi connectivity index (χ4v) is 6.80. The molecule has 0 aliphatic carbocycles. The Balaban J connectivity index is 1.57. The Morgan fingerprint density at radius 1 is 1.04 bits per heavy atom. The van der Waals surface area contributed by atoms with Crippen molar-refractivity contribution >= 4 is 35.0 Å². The molecule has 0 spiro atoms. The van der Waals surface area contributed by atoms with Gasteiger partial charge >= 0.3 is 17.6 Å². The zero-order valence-electron chi connectivity index (χ0n) is 28.1. The maximum atomic E-state index is 14.4. The first-order valence-electron chi connectivity index (χ1n) is 15.6. The van der Waals surface area contributed by atoms with E-state index in [9.17, 15) is 24.5 Å². The van der Waals surface area contributed by atoms with E-state index in [1.165, 1.54) is 43.9 Å². The van der Waals surface area contributed by atoms with Gasteiger partial charge in [-0.15, -0.1) is 0 Å². The number of fused-ring (bicyclic) bond motifs is 1. The number of thiazole rings is 1. The van der Waals surface area contributed by atoms with Gasteiger partial charge in [0, 0.05) is 30.3 Å². The van der Waals surface area contributed by atoms with Crippen LogP contribution >= 0.6 is 11.3 Å². The number of nitro groups is 1. The van der Waals surface area contributed by atoms with Gasteiger partial charge in [0.25, 0.3) is 5.56 Å². The number of hydrogen-bond acceptors (Lipinski definition) is 12. The summed E-state index contributed by atoms with van der Waals surface area (Å²) in [4.78, 5) is 55.7. The Morgan fingerprint density at radius 2 is 1.78 bits per heavy atom. The largest absolute Gasteiger partial charge is 0.493 e. The van der Waals surface area contributed by atoms with Crippen LogP contribution in [0.15, 0.2) is 94.0 Å². The average Bonchev–Trinajstić information content (AvgIpc) is 3.68. The van der Waals surface area contributed by atoms with E-state index < -0.39 is 28.5 Å². The first-order chi connectivity index (χ1) is 24.5. The van der Waals surface area contributed by atoms with Crippen LogP contribution in [0.5, 0.6) is 17.2 Å². The summed E-state index contributed by atoms with van der Waals surface area (Å²) < 4.78 is 24.6. The van der Waals surface area contributed by atoms with Crippen molar-refractivity contribution in [3.63, 3.8) is 0 Å². The van der Waals surface area contributed by atoms with E-state index in [-0.39, 0.29) is 39.6 Å². The number of benzene rings is 3. The molecule has 0 fully saturated rings. The molecule has 3 heterocycles. The molecule has 51 heavy (non-hydrogen) atoms. The summed E-state index contributed by atoms with van der Waals surface area (Å²) in [6.45, 7) is 4.90. The van der Waals surface area contributed by atoms with Gasteiger partial charge < -0.3 is 18.9 Å². The highest BCUT2D eigenvalue weighted by molar-refractivity contribution is 7.07. The summed E-state index contributed by atoms with van der Waals surface area (Å²) in [5.74, 6) is -0.722. The number of nitro benzene ring substituents is 1. The summed E-state index contributed by atoms with van der Waals surface area (Å²) in [5.41, 5.74) is 2.31. The Kier molecular flexibility index (Phi) is 9.64. The summed E-state index contributed by atoms with van der Waals surface area (Å²) in [7, 11) is 2.65. The van der Waals surface area contributed by atoms with Crippen LogP contribution in [-0.2, 0) is 14.3 Å². The van der Waals surface area contributed by atoms with Gasteiger partial charge in [-0.1, -0.05) is 35.6 Å². The Labute approximate surface area is 294 Å². The Hall–Kier alpha value is -6.35. The zero-order chi connectivity index (χ0) is 36.4. The molecule has 260 valence electrons. The lowest BCUT2D eigenvalue weighted by Crippen LogP contribution is -2.39. The molecular formula is C36H31N5O9S. The second kappa shape index (κ2) is 14.2. The van der Waals surface area contributed by atoms with Gasteiger partial charge in [0.1, 0.15) is 5.69 Å². The normalized spacial score (nSPS) is 14.1. The molecule has 1 atom stereocenters. The van der Waals surface area contributed by atoms with Crippen molar-refractivity contribution in [2.45, 2.75) is 26.8 Å². The van der Waals surface area contributed by atoms with E-state index >= 15 is 0 Å². The van der Waals surface area contributed by atoms with E-state index in [0.29, 0.717) is 32.9 Å². The van der Waals surface area contributed by atoms with Crippen LogP contribution < -0.4 is 29.1 Å². The number of para-hydroxylation sites is 1. The molecule has 1 aliphatic rings. The number of rotatable bonds is 10. The molecule has 0 unspecified atom stereocenters. The molecule has 3 aromatic carbocycles. The minimum atomic E-state index is -0.976. The van der Waals surface area contributed by atoms with Crippen molar-refractivity contribution in [2.75, 3.05) is 20.8 Å². The lowest BCUT2D eigenvalue weighted by atomic mass is 9.95. The highest BCUT2D eigenvalue weighted by Gasteiger charge is 2.34. The maximum absolute atomic E-state index is 14.4. The van der Waals surface area contributed by atoms with E-state index in [2.05, 4.69) is 4.99 Å². The fourth-order valence-electron chi connectivity index (χ4n) is 5.76. The molecule has 0 saturated carbocycles. The van der Waals surface area contributed by atoms with Crippen LogP contribution in [-0.4, -0.2) is 52.0 Å². The first kappa shape index (κ1) is 34.5. The van der Waals surface area contributed by atoms with Crippen molar-refractivity contribution in [1.82, 2.24) is 14.3 Å². The molecule has 6 rings (SSSR count). The summed E-state index contributed by atoms with van der Waals surface area (Å²) >= 11 is 1.10. The van der Waals surface area contributed by atoms with Crippen molar-refractivity contribution in [1.29, 1.82) is 0 Å². The number of hydrogen-bond donors (Lipinski definition) is 0. The van der Waals surface area contributed by atoms with Crippen LogP contribution in [0.25, 0.3) is 23.0 Å². The summed E-state index contributed by atoms with van der Waals surface area (Å²) in [6, 6.07) is 17.6. The molecule has 15 heteroatoms. The van der Waals surface area contributed by atoms with Gasteiger partial charge in [-0.3, -0.25) is 24.3 Å². The molecule has 0 radical (unpaired) electrons. The highest BCUT2D eigenvalue weighted by Crippen LogP contribution is 2.37. The van der Waals surface area contributed by atoms with Gasteiger partial charge in [-0.2, -0.15) is 5.10 Å². The second-order valence-corrected chi connectivity index (χ2v) is 12.2. The van der Waals surface area contributed by atoms with Crippen LogP contribution in [0.2, 0.25) is 0 Å². The Morgan fingerprint density at radius 3 is 2.45 bits per heavy atom. The number of methoxy groups -OCH3 is 2. The van der Waals surface area contributed by atoms with Gasteiger partial charge in [-0.25, -0.2) is 14.5 Å². The first-order valence-corrected chi connectivity index (χ1v) is 16.4. The third kappa shape index (κ3) is 6.66. The molecule has 0 bridgehead atoms. The molecular weight excluding hydrogens is 678 g/mol. The molecule has 0 amide bonds. The van der Waals surface area contributed by atoms with Crippen molar-refractivity contribution in [3.8, 4) is 34.2 Å². The van der Waals surface area contributed by atoms with Crippen molar-refractivity contribution < 1.29 is 33.5 Å². The number of aromatic nitrogens is 3. The molecule has 0 saturated heterocycles. The van der Waals surface area contributed by atoms with Crippen molar-refractivity contribution in [3.05, 3.63) is 125 Å². The summed E-state index contributed by atoms with van der Waals surface area (Å²) in [6.07, 6.45) is 3.37. The van der Waals surface area contributed by atoms with Gasteiger partial charge in [0.2, 0.25) is 0 Å². The van der Waals surface area contributed by atoms with Crippen molar-refractivity contribution in [2.24, 2.45) is 4.99 Å². The summed E-state index contributed by atoms with van der Waals surface area (Å²) in [5, 5.41) is 16.8. The maximum Gasteiger partial charge on any atom is 0.338 e. The quantitative estimate of drug-likeness (QED) is 0.0872. The number of carbonyl (C=O) groups excluding carboxylic acids is 2. The standard InChI is InChI=1S/C36H31N5O9S/c1-6-49-27-14-12-22(16-26(27)41(45)46)32-24(19-39(38-32)25-10-8-7-9-11-25)18-30-34(43)40-33(31(35(44)48-5)20(2)37-36(40)51-30)23-13-15-28(50-21(3)42)29(17-23)47-4/h7-19,33H,6H2,1-5H3/b30-18-/t33-/m1/s1. The van der Waals surface area contributed by atoms with Crippen LogP contribution in [0.1, 0.15) is 37.9 Å². The van der Waals surface area contributed by atoms with Crippen LogP contribution in [0.4, 0.5) is 5.69 Å². The Bertz CT molecular complexity index is 2410. The average molecular weight is 710 g/mol. The molecule has 5 aromatic rings. The van der Waals surface area contributed by atoms with Crippen LogP contribution in [0, 0.1) is 10.1 Å². The van der Waals surface area contributed by atoms with E-state index in [1.54, 1.807) is 49.0 Å². The topological polar surface area (TPSA) is 166 Å². The van der Waals surface area contributed by atoms with E-state index in [4.69, 9.17) is 24.0 Å². The van der Waals surface area contributed by atoms with Gasteiger partial charge in [-0.05, 0) is 61.9 Å². The predicted octanol–water partition coefficient (Wildman–Crippen LogP) is 4.50.